The van der Waals surface area contributed by atoms with E-state index in [0.29, 0.717) is 24.3 Å². The van der Waals surface area contributed by atoms with Crippen molar-refractivity contribution < 1.29 is 27.2 Å². The Morgan fingerprint density at radius 3 is 2.37 bits per heavy atom. The second-order valence-corrected chi connectivity index (χ2v) is 11.7. The minimum absolute atomic E-state index is 0.117. The highest BCUT2D eigenvalue weighted by molar-refractivity contribution is 7.89. The molecule has 3 amide bonds. The van der Waals surface area contributed by atoms with Gasteiger partial charge in [0.15, 0.2) is 0 Å². The van der Waals surface area contributed by atoms with Crippen molar-refractivity contribution in [2.45, 2.75) is 30.3 Å². The summed E-state index contributed by atoms with van der Waals surface area (Å²) in [7, 11) is -3.72. The maximum absolute atomic E-state index is 14.6. The van der Waals surface area contributed by atoms with Crippen LogP contribution in [0.1, 0.15) is 28.8 Å². The highest BCUT2D eigenvalue weighted by Gasteiger charge is 2.41. The summed E-state index contributed by atoms with van der Waals surface area (Å²) in [6, 6.07) is 14.4. The zero-order valence-electron chi connectivity index (χ0n) is 20.4. The molecule has 0 aliphatic carbocycles. The molecule has 6 rings (SSSR count). The summed E-state index contributed by atoms with van der Waals surface area (Å²) in [6.07, 6.45) is 0.346. The van der Waals surface area contributed by atoms with Gasteiger partial charge < -0.3 is 9.80 Å². The second-order valence-electron chi connectivity index (χ2n) is 9.75. The largest absolute Gasteiger partial charge is 0.369 e. The number of hydrogen-bond donors (Lipinski definition) is 1. The third kappa shape index (κ3) is 4.11. The SMILES string of the molecule is O=C1CCC(N2Cc3c(cc(F)cc3N3CCN(S(=O)(=O)c4ccc5ccccc5c4)CC3)C2=O)C(=O)N1. The van der Waals surface area contributed by atoms with E-state index >= 15 is 0 Å². The summed E-state index contributed by atoms with van der Waals surface area (Å²) < 4.78 is 42.8. The monoisotopic (exact) mass is 536 g/mol. The molecule has 0 saturated carbocycles. The molecule has 0 spiro atoms. The molecule has 38 heavy (non-hydrogen) atoms. The first-order valence-corrected chi connectivity index (χ1v) is 13.9. The molecule has 3 aliphatic rings. The van der Waals surface area contributed by atoms with Gasteiger partial charge in [-0.15, -0.1) is 0 Å². The number of anilines is 1. The Bertz CT molecular complexity index is 1600. The van der Waals surface area contributed by atoms with Gasteiger partial charge in [-0.05, 0) is 41.5 Å². The van der Waals surface area contributed by atoms with Gasteiger partial charge in [0.05, 0.1) is 4.90 Å². The minimum Gasteiger partial charge on any atom is -0.369 e. The molecular formula is C27H25FN4O5S. The number of hydrogen-bond acceptors (Lipinski definition) is 6. The van der Waals surface area contributed by atoms with Crippen LogP contribution in [0, 0.1) is 5.82 Å². The molecular weight excluding hydrogens is 511 g/mol. The van der Waals surface area contributed by atoms with E-state index in [1.165, 1.54) is 21.3 Å². The van der Waals surface area contributed by atoms with Gasteiger partial charge in [0.1, 0.15) is 11.9 Å². The molecule has 2 saturated heterocycles. The van der Waals surface area contributed by atoms with E-state index < -0.39 is 33.7 Å². The number of amides is 3. The van der Waals surface area contributed by atoms with Crippen LogP contribution in [0.2, 0.25) is 0 Å². The van der Waals surface area contributed by atoms with Crippen molar-refractivity contribution in [3.63, 3.8) is 0 Å². The lowest BCUT2D eigenvalue weighted by molar-refractivity contribution is -0.136. The van der Waals surface area contributed by atoms with Crippen molar-refractivity contribution in [3.8, 4) is 0 Å². The van der Waals surface area contributed by atoms with Crippen LogP contribution in [-0.2, 0) is 26.2 Å². The molecule has 3 aliphatic heterocycles. The number of carbonyl (C=O) groups excluding carboxylic acids is 3. The van der Waals surface area contributed by atoms with Gasteiger partial charge in [-0.25, -0.2) is 12.8 Å². The van der Waals surface area contributed by atoms with Gasteiger partial charge in [0, 0.05) is 56.0 Å². The van der Waals surface area contributed by atoms with Gasteiger partial charge >= 0.3 is 0 Å². The smallest absolute Gasteiger partial charge is 0.255 e. The average Bonchev–Trinajstić information content (AvgIpc) is 3.23. The number of rotatable bonds is 4. The second kappa shape index (κ2) is 9.17. The van der Waals surface area contributed by atoms with Crippen molar-refractivity contribution >= 4 is 44.2 Å². The summed E-state index contributed by atoms with van der Waals surface area (Å²) >= 11 is 0. The third-order valence-electron chi connectivity index (χ3n) is 7.54. The first-order chi connectivity index (χ1) is 18.2. The van der Waals surface area contributed by atoms with Crippen LogP contribution in [0.4, 0.5) is 10.1 Å². The van der Waals surface area contributed by atoms with Gasteiger partial charge in [-0.3, -0.25) is 19.7 Å². The molecule has 196 valence electrons. The predicted molar refractivity (Wildman–Crippen MR) is 137 cm³/mol. The quantitative estimate of drug-likeness (QED) is 0.513. The number of fused-ring (bicyclic) bond motifs is 2. The van der Waals surface area contributed by atoms with Crippen molar-refractivity contribution in [2.24, 2.45) is 0 Å². The molecule has 0 bridgehead atoms. The Hall–Kier alpha value is -3.83. The van der Waals surface area contributed by atoms with E-state index in [9.17, 15) is 27.2 Å². The molecule has 2 fully saturated rings. The fourth-order valence-electron chi connectivity index (χ4n) is 5.54. The van der Waals surface area contributed by atoms with E-state index in [1.807, 2.05) is 29.2 Å². The highest BCUT2D eigenvalue weighted by Crippen LogP contribution is 2.36. The molecule has 11 heteroatoms. The number of piperidine rings is 1. The number of piperazine rings is 1. The number of sulfonamides is 1. The lowest BCUT2D eigenvalue weighted by Gasteiger charge is -2.36. The normalized spacial score (nSPS) is 20.7. The molecule has 3 heterocycles. The molecule has 1 N–H and O–H groups in total. The highest BCUT2D eigenvalue weighted by atomic mass is 32.2. The summed E-state index contributed by atoms with van der Waals surface area (Å²) in [5.41, 5.74) is 1.31. The fraction of sp³-hybridized carbons (Fsp3) is 0.296. The number of halogens is 1. The number of nitrogens with zero attached hydrogens (tertiary/aromatic N) is 3. The van der Waals surface area contributed by atoms with Crippen LogP contribution in [0.3, 0.4) is 0 Å². The molecule has 0 aromatic heterocycles. The fourth-order valence-corrected chi connectivity index (χ4v) is 6.99. The lowest BCUT2D eigenvalue weighted by Crippen LogP contribution is -2.52. The number of nitrogens with one attached hydrogen (secondary N) is 1. The topological polar surface area (TPSA) is 107 Å². The number of carbonyl (C=O) groups is 3. The summed E-state index contributed by atoms with van der Waals surface area (Å²) in [5, 5.41) is 4.06. The van der Waals surface area contributed by atoms with E-state index in [1.54, 1.807) is 18.2 Å². The minimum atomic E-state index is -3.72. The third-order valence-corrected chi connectivity index (χ3v) is 9.43. The van der Waals surface area contributed by atoms with E-state index in [0.717, 1.165) is 10.8 Å². The van der Waals surface area contributed by atoms with Crippen molar-refractivity contribution in [1.82, 2.24) is 14.5 Å². The number of imide groups is 1. The Morgan fingerprint density at radius 1 is 0.895 bits per heavy atom. The predicted octanol–water partition coefficient (Wildman–Crippen LogP) is 2.25. The standard InChI is InChI=1S/C27H25FN4O5S/c28-19-14-21-22(16-32(27(21)35)23-7-8-25(33)29-26(23)34)24(15-19)30-9-11-31(12-10-30)38(36,37)20-6-5-17-3-1-2-4-18(17)13-20/h1-6,13-15,23H,7-12,16H2,(H,29,33,34). The van der Waals surface area contributed by atoms with Crippen LogP contribution in [0.5, 0.6) is 0 Å². The van der Waals surface area contributed by atoms with Crippen LogP contribution in [0.25, 0.3) is 10.8 Å². The summed E-state index contributed by atoms with van der Waals surface area (Å²) in [4.78, 5) is 40.6. The number of benzene rings is 3. The summed E-state index contributed by atoms with van der Waals surface area (Å²) in [5.74, 6) is -1.94. The van der Waals surface area contributed by atoms with Crippen LogP contribution in [-0.4, -0.2) is 67.6 Å². The first kappa shape index (κ1) is 24.5. The van der Waals surface area contributed by atoms with Crippen molar-refractivity contribution in [2.75, 3.05) is 31.1 Å². The molecule has 1 atom stereocenters. The molecule has 1 unspecified atom stereocenters. The van der Waals surface area contributed by atoms with Crippen molar-refractivity contribution in [3.05, 3.63) is 71.5 Å². The maximum Gasteiger partial charge on any atom is 0.255 e. The van der Waals surface area contributed by atoms with Gasteiger partial charge in [0.2, 0.25) is 21.8 Å². The Kier molecular flexibility index (Phi) is 5.92. The lowest BCUT2D eigenvalue weighted by atomic mass is 10.0. The molecule has 3 aromatic carbocycles. The van der Waals surface area contributed by atoms with Gasteiger partial charge in [0.25, 0.3) is 5.91 Å². The average molecular weight is 537 g/mol. The van der Waals surface area contributed by atoms with Crippen LogP contribution < -0.4 is 10.2 Å². The first-order valence-electron chi connectivity index (χ1n) is 12.4. The molecule has 9 nitrogen and oxygen atoms in total. The van der Waals surface area contributed by atoms with Crippen LogP contribution >= 0.6 is 0 Å². The zero-order valence-corrected chi connectivity index (χ0v) is 21.2. The molecule has 0 radical (unpaired) electrons. The van der Waals surface area contributed by atoms with Gasteiger partial charge in [-0.1, -0.05) is 30.3 Å². The van der Waals surface area contributed by atoms with Crippen molar-refractivity contribution in [1.29, 1.82) is 0 Å². The summed E-state index contributed by atoms with van der Waals surface area (Å²) in [6.45, 7) is 1.15. The van der Waals surface area contributed by atoms with E-state index in [2.05, 4.69) is 5.32 Å². The zero-order chi connectivity index (χ0) is 26.6. The van der Waals surface area contributed by atoms with Gasteiger partial charge in [-0.2, -0.15) is 4.31 Å². The Labute approximate surface area is 218 Å². The Morgan fingerprint density at radius 2 is 1.63 bits per heavy atom. The maximum atomic E-state index is 14.6. The molecule has 3 aromatic rings. The Balaban J connectivity index is 1.22. The van der Waals surface area contributed by atoms with E-state index in [-0.39, 0.29) is 48.8 Å². The van der Waals surface area contributed by atoms with Crippen LogP contribution in [0.15, 0.2) is 59.5 Å². The van der Waals surface area contributed by atoms with E-state index in [4.69, 9.17) is 0 Å².